The maximum atomic E-state index is 12.9. The van der Waals surface area contributed by atoms with Crippen LogP contribution in [0.1, 0.15) is 31.1 Å². The molecule has 0 aliphatic carbocycles. The quantitative estimate of drug-likeness (QED) is 0.721. The van der Waals surface area contributed by atoms with Crippen molar-refractivity contribution < 1.29 is 19.1 Å². The molecule has 0 spiro atoms. The molecule has 7 nitrogen and oxygen atoms in total. The van der Waals surface area contributed by atoms with E-state index in [2.05, 4.69) is 10.2 Å². The number of benzene rings is 2. The zero-order valence-corrected chi connectivity index (χ0v) is 20.0. The van der Waals surface area contributed by atoms with Gasteiger partial charge in [0.15, 0.2) is 0 Å². The highest BCUT2D eigenvalue weighted by Gasteiger charge is 2.30. The van der Waals surface area contributed by atoms with Crippen LogP contribution >= 0.6 is 11.6 Å². The van der Waals surface area contributed by atoms with Gasteiger partial charge in [0.2, 0.25) is 5.91 Å². The van der Waals surface area contributed by atoms with E-state index >= 15 is 0 Å². The van der Waals surface area contributed by atoms with Gasteiger partial charge >= 0.3 is 0 Å². The second kappa shape index (κ2) is 9.69. The van der Waals surface area contributed by atoms with Crippen LogP contribution in [0, 0.1) is 5.41 Å². The third kappa shape index (κ3) is 5.10. The summed E-state index contributed by atoms with van der Waals surface area (Å²) in [7, 11) is 3.01. The normalized spacial score (nSPS) is 14.2. The molecule has 1 N–H and O–H groups in total. The molecule has 2 aromatic rings. The van der Waals surface area contributed by atoms with Gasteiger partial charge in [-0.05, 0) is 30.3 Å². The lowest BCUT2D eigenvalue weighted by molar-refractivity contribution is -0.139. The number of rotatable bonds is 5. The molecule has 8 heteroatoms. The first-order valence-corrected chi connectivity index (χ1v) is 10.9. The van der Waals surface area contributed by atoms with Crippen LogP contribution < -0.4 is 19.7 Å². The van der Waals surface area contributed by atoms with E-state index < -0.39 is 0 Å². The summed E-state index contributed by atoms with van der Waals surface area (Å²) >= 11 is 6.56. The molecule has 0 bridgehead atoms. The van der Waals surface area contributed by atoms with Crippen molar-refractivity contribution in [1.29, 1.82) is 0 Å². The topological polar surface area (TPSA) is 71.1 Å². The maximum Gasteiger partial charge on any atom is 0.263 e. The number of methoxy groups -OCH3 is 2. The van der Waals surface area contributed by atoms with E-state index in [4.69, 9.17) is 21.1 Å². The first-order valence-electron chi connectivity index (χ1n) is 10.5. The Morgan fingerprint density at radius 1 is 0.969 bits per heavy atom. The number of hydrogen-bond donors (Lipinski definition) is 1. The summed E-state index contributed by atoms with van der Waals surface area (Å²) in [4.78, 5) is 29.5. The summed E-state index contributed by atoms with van der Waals surface area (Å²) in [5, 5.41) is 3.40. The summed E-state index contributed by atoms with van der Waals surface area (Å²) in [6.45, 7) is 8.51. The van der Waals surface area contributed by atoms with Gasteiger partial charge in [-0.2, -0.15) is 0 Å². The predicted molar refractivity (Wildman–Crippen MR) is 127 cm³/mol. The van der Waals surface area contributed by atoms with Gasteiger partial charge in [-0.3, -0.25) is 9.59 Å². The third-order valence-electron chi connectivity index (χ3n) is 5.41. The van der Waals surface area contributed by atoms with E-state index in [0.29, 0.717) is 54.0 Å². The Morgan fingerprint density at radius 2 is 1.56 bits per heavy atom. The number of hydrogen-bond acceptors (Lipinski definition) is 5. The number of ether oxygens (including phenoxy) is 2. The Morgan fingerprint density at radius 3 is 2.06 bits per heavy atom. The standard InChI is InChI=1S/C24H30ClN3O4/c1-24(2,3)23(30)28-13-11-27(12-14-28)18-10-9-16(15-17(18)25)26-22(29)21-19(31-4)7-6-8-20(21)32-5/h6-10,15H,11-14H2,1-5H3,(H,26,29). The highest BCUT2D eigenvalue weighted by molar-refractivity contribution is 6.33. The second-order valence-electron chi connectivity index (χ2n) is 8.69. The van der Waals surface area contributed by atoms with Crippen molar-refractivity contribution in [3.8, 4) is 11.5 Å². The molecule has 1 fully saturated rings. The Balaban J connectivity index is 1.71. The zero-order chi connectivity index (χ0) is 23.5. The van der Waals surface area contributed by atoms with Crippen LogP contribution in [0.5, 0.6) is 11.5 Å². The van der Waals surface area contributed by atoms with Crippen LogP contribution in [0.3, 0.4) is 0 Å². The largest absolute Gasteiger partial charge is 0.496 e. The molecular formula is C24H30ClN3O4. The predicted octanol–water partition coefficient (Wildman–Crippen LogP) is 4.30. The molecule has 1 heterocycles. The number of amides is 2. The fourth-order valence-corrected chi connectivity index (χ4v) is 4.03. The summed E-state index contributed by atoms with van der Waals surface area (Å²) in [5.74, 6) is 0.657. The molecule has 0 aromatic heterocycles. The van der Waals surface area contributed by atoms with E-state index in [1.807, 2.05) is 37.8 Å². The lowest BCUT2D eigenvalue weighted by Gasteiger charge is -2.39. The third-order valence-corrected chi connectivity index (χ3v) is 5.71. The van der Waals surface area contributed by atoms with E-state index in [0.717, 1.165) is 5.69 Å². The lowest BCUT2D eigenvalue weighted by atomic mass is 9.94. The fourth-order valence-electron chi connectivity index (χ4n) is 3.73. The fraction of sp³-hybridized carbons (Fsp3) is 0.417. The van der Waals surface area contributed by atoms with Crippen molar-refractivity contribution in [1.82, 2.24) is 4.90 Å². The molecule has 2 aromatic carbocycles. The number of anilines is 2. The van der Waals surface area contributed by atoms with Crippen molar-refractivity contribution in [2.45, 2.75) is 20.8 Å². The van der Waals surface area contributed by atoms with Crippen LogP contribution in [0.4, 0.5) is 11.4 Å². The molecule has 0 unspecified atom stereocenters. The van der Waals surface area contributed by atoms with Gasteiger partial charge in [-0.15, -0.1) is 0 Å². The summed E-state index contributed by atoms with van der Waals surface area (Å²) in [5.41, 5.74) is 1.38. The van der Waals surface area contributed by atoms with Gasteiger partial charge in [0, 0.05) is 37.3 Å². The Hall–Kier alpha value is -2.93. The average Bonchev–Trinajstić information content (AvgIpc) is 2.77. The molecular weight excluding hydrogens is 430 g/mol. The molecule has 1 aliphatic heterocycles. The van der Waals surface area contributed by atoms with E-state index in [9.17, 15) is 9.59 Å². The van der Waals surface area contributed by atoms with Crippen molar-refractivity contribution in [2.24, 2.45) is 5.41 Å². The Kier molecular flexibility index (Phi) is 7.19. The van der Waals surface area contributed by atoms with Gasteiger partial charge in [0.25, 0.3) is 5.91 Å². The minimum absolute atomic E-state index is 0.160. The van der Waals surface area contributed by atoms with E-state index in [1.54, 1.807) is 24.3 Å². The summed E-state index contributed by atoms with van der Waals surface area (Å²) < 4.78 is 10.6. The van der Waals surface area contributed by atoms with Crippen molar-refractivity contribution >= 4 is 34.8 Å². The molecule has 32 heavy (non-hydrogen) atoms. The number of nitrogens with one attached hydrogen (secondary N) is 1. The molecule has 0 saturated carbocycles. The number of piperazine rings is 1. The van der Waals surface area contributed by atoms with Crippen LogP contribution in [0.15, 0.2) is 36.4 Å². The molecule has 0 radical (unpaired) electrons. The highest BCUT2D eigenvalue weighted by Crippen LogP contribution is 2.32. The number of carbonyl (C=O) groups is 2. The molecule has 0 atom stereocenters. The van der Waals surface area contributed by atoms with Crippen molar-refractivity contribution in [3.05, 3.63) is 47.0 Å². The van der Waals surface area contributed by atoms with E-state index in [1.165, 1.54) is 14.2 Å². The highest BCUT2D eigenvalue weighted by atomic mass is 35.5. The van der Waals surface area contributed by atoms with Crippen LogP contribution in [-0.2, 0) is 4.79 Å². The lowest BCUT2D eigenvalue weighted by Crippen LogP contribution is -2.51. The monoisotopic (exact) mass is 459 g/mol. The average molecular weight is 460 g/mol. The summed E-state index contributed by atoms with van der Waals surface area (Å²) in [6.07, 6.45) is 0. The molecule has 1 aliphatic rings. The summed E-state index contributed by atoms with van der Waals surface area (Å²) in [6, 6.07) is 10.6. The number of carbonyl (C=O) groups excluding carboxylic acids is 2. The molecule has 3 rings (SSSR count). The smallest absolute Gasteiger partial charge is 0.263 e. The number of halogens is 1. The minimum Gasteiger partial charge on any atom is -0.496 e. The van der Waals surface area contributed by atoms with Crippen molar-refractivity contribution in [3.63, 3.8) is 0 Å². The van der Waals surface area contributed by atoms with Gasteiger partial charge in [0.1, 0.15) is 17.1 Å². The van der Waals surface area contributed by atoms with Gasteiger partial charge in [-0.1, -0.05) is 38.4 Å². The first-order chi connectivity index (χ1) is 15.2. The zero-order valence-electron chi connectivity index (χ0n) is 19.2. The van der Waals surface area contributed by atoms with Gasteiger partial charge < -0.3 is 24.6 Å². The van der Waals surface area contributed by atoms with Gasteiger partial charge in [-0.25, -0.2) is 0 Å². The first kappa shape index (κ1) is 23.7. The van der Waals surface area contributed by atoms with Crippen LogP contribution in [-0.4, -0.2) is 57.1 Å². The second-order valence-corrected chi connectivity index (χ2v) is 9.09. The maximum absolute atomic E-state index is 12.9. The van der Waals surface area contributed by atoms with Crippen molar-refractivity contribution in [2.75, 3.05) is 50.6 Å². The molecule has 1 saturated heterocycles. The Bertz CT molecular complexity index is 973. The minimum atomic E-state index is -0.385. The SMILES string of the molecule is COc1cccc(OC)c1C(=O)Nc1ccc(N2CCN(C(=O)C(C)(C)C)CC2)c(Cl)c1. The Labute approximate surface area is 194 Å². The van der Waals surface area contributed by atoms with Crippen LogP contribution in [0.2, 0.25) is 5.02 Å². The van der Waals surface area contributed by atoms with E-state index in [-0.39, 0.29) is 17.2 Å². The van der Waals surface area contributed by atoms with Gasteiger partial charge in [0.05, 0.1) is 24.9 Å². The number of nitrogens with zero attached hydrogens (tertiary/aromatic N) is 2. The molecule has 172 valence electrons. The molecule has 2 amide bonds. The van der Waals surface area contributed by atoms with Crippen LogP contribution in [0.25, 0.3) is 0 Å².